The van der Waals surface area contributed by atoms with Gasteiger partial charge in [0.15, 0.2) is 34.7 Å². The third kappa shape index (κ3) is 3.63. The molecule has 0 bridgehead atoms. The monoisotopic (exact) mass is 530 g/mol. The van der Waals surface area contributed by atoms with Crippen LogP contribution in [-0.4, -0.2) is 88.4 Å². The van der Waals surface area contributed by atoms with Crippen molar-refractivity contribution in [2.24, 2.45) is 29.4 Å². The van der Waals surface area contributed by atoms with E-state index in [1.54, 1.807) is 11.9 Å². The Morgan fingerprint density at radius 1 is 1.21 bits per heavy atom. The van der Waals surface area contributed by atoms with Gasteiger partial charge in [-0.1, -0.05) is 6.92 Å². The number of phenols is 1. The van der Waals surface area contributed by atoms with Crippen LogP contribution in [-0.2, 0) is 25.6 Å². The zero-order valence-corrected chi connectivity index (χ0v) is 21.5. The Kier molecular flexibility index (Phi) is 6.65. The molecular weight excluding hydrogens is 500 g/mol. The van der Waals surface area contributed by atoms with Crippen molar-refractivity contribution in [2.75, 3.05) is 32.6 Å². The minimum atomic E-state index is -2.85. The van der Waals surface area contributed by atoms with E-state index in [2.05, 4.69) is 0 Å². The van der Waals surface area contributed by atoms with Crippen LogP contribution in [0.15, 0.2) is 6.07 Å². The van der Waals surface area contributed by atoms with Crippen molar-refractivity contribution in [3.63, 3.8) is 0 Å². The van der Waals surface area contributed by atoms with Gasteiger partial charge in [-0.3, -0.25) is 39.0 Å². The number of hydrogen-bond acceptors (Lipinski definition) is 11. The number of fused-ring (bicyclic) bond motifs is 3. The van der Waals surface area contributed by atoms with E-state index in [1.165, 1.54) is 25.1 Å². The maximum Gasteiger partial charge on any atom is 0.313 e. The molecule has 0 aromatic heterocycles. The molecule has 0 heterocycles. The molecule has 204 valence electrons. The van der Waals surface area contributed by atoms with Crippen molar-refractivity contribution in [2.45, 2.75) is 37.8 Å². The summed E-state index contributed by atoms with van der Waals surface area (Å²) in [6.45, 7) is 2.38. The number of amides is 1. The Morgan fingerprint density at radius 3 is 2.37 bits per heavy atom. The predicted octanol–water partition coefficient (Wildman–Crippen LogP) is -0.379. The highest BCUT2D eigenvalue weighted by Gasteiger charge is 2.69. The van der Waals surface area contributed by atoms with Gasteiger partial charge in [-0.05, 0) is 44.8 Å². The lowest BCUT2D eigenvalue weighted by Gasteiger charge is -2.52. The molecule has 3 aliphatic carbocycles. The number of benzene rings is 1. The normalized spacial score (nSPS) is 30.5. The smallest absolute Gasteiger partial charge is 0.313 e. The molecule has 2 saturated carbocycles. The summed E-state index contributed by atoms with van der Waals surface area (Å²) >= 11 is 0. The summed E-state index contributed by atoms with van der Waals surface area (Å²) in [5.74, 6) is -12.3. The van der Waals surface area contributed by atoms with Gasteiger partial charge in [0.05, 0.1) is 22.4 Å². The summed E-state index contributed by atoms with van der Waals surface area (Å²) < 4.78 is 0. The van der Waals surface area contributed by atoms with Crippen molar-refractivity contribution in [1.29, 1.82) is 0 Å². The van der Waals surface area contributed by atoms with Gasteiger partial charge in [-0.2, -0.15) is 0 Å². The quantitative estimate of drug-likeness (QED) is 0.246. The van der Waals surface area contributed by atoms with Gasteiger partial charge in [0.25, 0.3) is 0 Å². The van der Waals surface area contributed by atoms with Gasteiger partial charge in [0.1, 0.15) is 0 Å². The van der Waals surface area contributed by atoms with Crippen LogP contribution in [0, 0.1) is 33.8 Å². The molecule has 6 atom stereocenters. The van der Waals surface area contributed by atoms with Crippen LogP contribution >= 0.6 is 0 Å². The fraction of sp³-hybridized carbons (Fsp3) is 0.560. The lowest BCUT2D eigenvalue weighted by atomic mass is 9.52. The molecule has 4 rings (SSSR count). The molecule has 13 heteroatoms. The zero-order chi connectivity index (χ0) is 28.4. The Balaban J connectivity index is 1.92. The van der Waals surface area contributed by atoms with E-state index in [-0.39, 0.29) is 12.8 Å². The van der Waals surface area contributed by atoms with Crippen molar-refractivity contribution in [3.8, 4) is 5.75 Å². The van der Waals surface area contributed by atoms with Crippen LogP contribution < -0.4 is 10.6 Å². The van der Waals surface area contributed by atoms with E-state index in [1.807, 2.05) is 6.92 Å². The molecule has 4 N–H and O–H groups in total. The number of nitrogens with zero attached hydrogens (tertiary/aromatic N) is 3. The number of nitro benzene ring substituents is 1. The first kappa shape index (κ1) is 27.3. The molecule has 4 unspecified atom stereocenters. The first-order chi connectivity index (χ1) is 17.7. The minimum absolute atomic E-state index is 0.0286. The van der Waals surface area contributed by atoms with Crippen LogP contribution in [0.2, 0.25) is 0 Å². The van der Waals surface area contributed by atoms with Crippen LogP contribution in [0.1, 0.15) is 35.7 Å². The lowest BCUT2D eigenvalue weighted by molar-refractivity contribution is -0.385. The Labute approximate surface area is 217 Å². The predicted molar refractivity (Wildman–Crippen MR) is 132 cm³/mol. The summed E-state index contributed by atoms with van der Waals surface area (Å²) in [6.07, 6.45) is 0.614. The van der Waals surface area contributed by atoms with Gasteiger partial charge in [-0.15, -0.1) is 0 Å². The number of hydrogen-bond donors (Lipinski definition) is 3. The second-order valence-electron chi connectivity index (χ2n) is 10.6. The van der Waals surface area contributed by atoms with Gasteiger partial charge in [-0.25, -0.2) is 0 Å². The molecule has 2 fully saturated rings. The molecule has 0 radical (unpaired) electrons. The van der Waals surface area contributed by atoms with E-state index in [4.69, 9.17) is 5.73 Å². The minimum Gasteiger partial charge on any atom is -0.502 e. The number of carbonyl (C=O) groups is 5. The number of Topliss-reactive ketones (excluding diaryl/α,β-unsaturated/α-hetero) is 4. The number of nitrogens with two attached hydrogens (primary N) is 1. The van der Waals surface area contributed by atoms with Gasteiger partial charge < -0.3 is 20.8 Å². The van der Waals surface area contributed by atoms with Crippen molar-refractivity contribution in [3.05, 3.63) is 27.3 Å². The molecule has 0 spiro atoms. The maximum atomic E-state index is 13.8. The van der Waals surface area contributed by atoms with Gasteiger partial charge in [0, 0.05) is 31.3 Å². The van der Waals surface area contributed by atoms with Crippen molar-refractivity contribution >= 4 is 40.4 Å². The SMILES string of the molecule is CCCN(C)c1cc([N+](=O)[O-])c(O)c2c1CC1CC3[C@H](N(C)C)C(=O)C(C(N)=O)C(=O)[C@@]3(O)C(=O)C1C2=O. The molecule has 1 aromatic rings. The van der Waals surface area contributed by atoms with Crippen LogP contribution in [0.4, 0.5) is 11.4 Å². The lowest BCUT2D eigenvalue weighted by Crippen LogP contribution is -2.74. The van der Waals surface area contributed by atoms with E-state index < -0.39 is 86.3 Å². The average Bonchev–Trinajstić information content (AvgIpc) is 2.81. The number of aromatic hydroxyl groups is 1. The first-order valence-corrected chi connectivity index (χ1v) is 12.3. The molecule has 0 aliphatic heterocycles. The van der Waals surface area contributed by atoms with E-state index in [0.717, 1.165) is 0 Å². The topological polar surface area (TPSA) is 201 Å². The average molecular weight is 531 g/mol. The molecular formula is C25H30N4O9. The third-order valence-electron chi connectivity index (χ3n) is 8.18. The fourth-order valence-corrected chi connectivity index (χ4v) is 6.57. The summed E-state index contributed by atoms with van der Waals surface area (Å²) in [5.41, 5.74) is 2.00. The Bertz CT molecular complexity index is 1290. The molecule has 3 aliphatic rings. The fourth-order valence-electron chi connectivity index (χ4n) is 6.57. The van der Waals surface area contributed by atoms with Crippen LogP contribution in [0.5, 0.6) is 5.75 Å². The highest BCUT2D eigenvalue weighted by molar-refractivity contribution is 6.32. The number of phenolic OH excluding ortho intramolecular Hbond substituents is 1. The third-order valence-corrected chi connectivity index (χ3v) is 8.18. The number of carbonyl (C=O) groups excluding carboxylic acids is 5. The summed E-state index contributed by atoms with van der Waals surface area (Å²) in [4.78, 5) is 80.1. The Morgan fingerprint density at radius 2 is 1.84 bits per heavy atom. The van der Waals surface area contributed by atoms with E-state index in [0.29, 0.717) is 24.2 Å². The first-order valence-electron chi connectivity index (χ1n) is 12.3. The molecule has 13 nitrogen and oxygen atoms in total. The maximum absolute atomic E-state index is 13.8. The number of likely N-dealkylation sites (N-methyl/N-ethyl adjacent to an activating group) is 1. The molecule has 38 heavy (non-hydrogen) atoms. The number of primary amides is 1. The number of rotatable bonds is 6. The van der Waals surface area contributed by atoms with Crippen molar-refractivity contribution < 1.29 is 39.1 Å². The second kappa shape index (κ2) is 9.24. The highest BCUT2D eigenvalue weighted by Crippen LogP contribution is 2.53. The van der Waals surface area contributed by atoms with E-state index >= 15 is 0 Å². The Hall–Kier alpha value is -3.71. The van der Waals surface area contributed by atoms with E-state index in [9.17, 15) is 44.3 Å². The zero-order valence-electron chi connectivity index (χ0n) is 21.5. The second-order valence-corrected chi connectivity index (χ2v) is 10.6. The number of anilines is 1. The largest absolute Gasteiger partial charge is 0.502 e. The number of aliphatic hydroxyl groups is 1. The molecule has 1 aromatic carbocycles. The highest BCUT2D eigenvalue weighted by atomic mass is 16.6. The number of nitro groups is 1. The molecule has 1 amide bonds. The summed E-state index contributed by atoms with van der Waals surface area (Å²) in [5, 5.41) is 34.1. The van der Waals surface area contributed by atoms with Gasteiger partial charge in [0.2, 0.25) is 11.7 Å². The standard InChI is InChI=1S/C25H30N4O9/c1-5-6-28(4)13-9-14(29(37)38)19(30)16-11(13)7-10-8-12-18(27(2)3)21(32)17(24(26)35)23(34)25(12,36)22(33)15(10)20(16)31/h9-10,12,15,17-18,30,36H,5-8H2,1-4H3,(H2,26,35)/t10?,12?,15?,17?,18-,25-/m0/s1. The summed E-state index contributed by atoms with van der Waals surface area (Å²) in [7, 11) is 4.69. The van der Waals surface area contributed by atoms with Gasteiger partial charge >= 0.3 is 5.69 Å². The molecule has 0 saturated heterocycles. The van der Waals surface area contributed by atoms with Crippen LogP contribution in [0.25, 0.3) is 0 Å². The van der Waals surface area contributed by atoms with Crippen LogP contribution in [0.3, 0.4) is 0 Å². The van der Waals surface area contributed by atoms with Crippen molar-refractivity contribution in [1.82, 2.24) is 4.90 Å². The summed E-state index contributed by atoms with van der Waals surface area (Å²) in [6, 6.07) is -0.0179. The number of ketones is 4.